The molecule has 34 heavy (non-hydrogen) atoms. The molecule has 6 heteroatoms. The Morgan fingerprint density at radius 1 is 1.09 bits per heavy atom. The van der Waals surface area contributed by atoms with Gasteiger partial charge in [-0.05, 0) is 61.4 Å². The van der Waals surface area contributed by atoms with E-state index >= 15 is 0 Å². The van der Waals surface area contributed by atoms with Crippen LogP contribution in [0.25, 0.3) is 10.9 Å². The van der Waals surface area contributed by atoms with Crippen molar-refractivity contribution in [1.29, 1.82) is 0 Å². The number of hydrogen-bond donors (Lipinski definition) is 2. The number of benzene rings is 3. The number of aromatic carboxylic acids is 1. The van der Waals surface area contributed by atoms with Crippen molar-refractivity contribution in [2.75, 3.05) is 6.61 Å². The highest BCUT2D eigenvalue weighted by Crippen LogP contribution is 2.39. The van der Waals surface area contributed by atoms with Gasteiger partial charge in [-0.15, -0.1) is 0 Å². The molecule has 0 aliphatic carbocycles. The molecule has 1 aliphatic rings. The van der Waals surface area contributed by atoms with Crippen molar-refractivity contribution in [3.8, 4) is 11.5 Å². The zero-order chi connectivity index (χ0) is 23.7. The molecule has 0 saturated heterocycles. The van der Waals surface area contributed by atoms with Gasteiger partial charge >= 0.3 is 5.97 Å². The molecular formula is C28H25NO5. The summed E-state index contributed by atoms with van der Waals surface area (Å²) in [7, 11) is 0. The molecule has 0 radical (unpaired) electrons. The highest BCUT2D eigenvalue weighted by Gasteiger charge is 2.30. The quantitative estimate of drug-likeness (QED) is 0.407. The normalized spacial score (nSPS) is 18.1. The molecule has 2 heterocycles. The summed E-state index contributed by atoms with van der Waals surface area (Å²) in [6.07, 6.45) is -0.529. The van der Waals surface area contributed by atoms with E-state index in [1.54, 1.807) is 18.2 Å². The van der Waals surface area contributed by atoms with E-state index in [1.165, 1.54) is 0 Å². The first kappa shape index (κ1) is 21.9. The predicted molar refractivity (Wildman–Crippen MR) is 128 cm³/mol. The molecule has 0 spiro atoms. The van der Waals surface area contributed by atoms with Crippen molar-refractivity contribution in [1.82, 2.24) is 4.98 Å². The monoisotopic (exact) mass is 455 g/mol. The van der Waals surface area contributed by atoms with Crippen LogP contribution in [0, 0.1) is 5.92 Å². The van der Waals surface area contributed by atoms with E-state index in [1.807, 2.05) is 67.6 Å². The van der Waals surface area contributed by atoms with Crippen molar-refractivity contribution in [2.45, 2.75) is 25.6 Å². The van der Waals surface area contributed by atoms with Crippen LogP contribution in [0.5, 0.6) is 11.5 Å². The third-order valence-corrected chi connectivity index (χ3v) is 6.22. The van der Waals surface area contributed by atoms with Gasteiger partial charge in [0.05, 0.1) is 29.5 Å². The first-order valence-electron chi connectivity index (χ1n) is 11.3. The minimum absolute atomic E-state index is 0.202. The molecular weight excluding hydrogens is 430 g/mol. The Kier molecular flexibility index (Phi) is 5.90. The van der Waals surface area contributed by atoms with E-state index in [4.69, 9.17) is 14.5 Å². The van der Waals surface area contributed by atoms with Gasteiger partial charge in [-0.25, -0.2) is 9.78 Å². The van der Waals surface area contributed by atoms with Crippen LogP contribution in [-0.4, -0.2) is 27.8 Å². The smallest absolute Gasteiger partial charge is 0.335 e. The maximum absolute atomic E-state index is 11.3. The van der Waals surface area contributed by atoms with Gasteiger partial charge in [0.15, 0.2) is 0 Å². The maximum Gasteiger partial charge on any atom is 0.335 e. The van der Waals surface area contributed by atoms with Crippen LogP contribution >= 0.6 is 0 Å². The lowest BCUT2D eigenvalue weighted by molar-refractivity contribution is 0.0503. The average Bonchev–Trinajstić information content (AvgIpc) is 2.86. The van der Waals surface area contributed by atoms with Crippen LogP contribution in [0.1, 0.15) is 46.3 Å². The summed E-state index contributed by atoms with van der Waals surface area (Å²) in [4.78, 5) is 16.0. The SMILES string of the molecule is CC(Oc1ccc2c(c1)[C@@H](O)[C@@H](Cc1cccc(C(=O)O)c1)CO2)c1ccc2ccccc2n1. The second-order valence-electron chi connectivity index (χ2n) is 8.61. The van der Waals surface area contributed by atoms with Gasteiger partial charge in [0.2, 0.25) is 0 Å². The van der Waals surface area contributed by atoms with Crippen LogP contribution in [0.4, 0.5) is 0 Å². The van der Waals surface area contributed by atoms with Gasteiger partial charge in [-0.3, -0.25) is 0 Å². The molecule has 6 nitrogen and oxygen atoms in total. The lowest BCUT2D eigenvalue weighted by Crippen LogP contribution is -2.27. The van der Waals surface area contributed by atoms with Gasteiger partial charge in [0.25, 0.3) is 0 Å². The van der Waals surface area contributed by atoms with Gasteiger partial charge in [-0.2, -0.15) is 0 Å². The lowest BCUT2D eigenvalue weighted by atomic mass is 9.88. The Morgan fingerprint density at radius 3 is 2.79 bits per heavy atom. The highest BCUT2D eigenvalue weighted by atomic mass is 16.5. The molecule has 4 aromatic rings. The molecule has 1 aliphatic heterocycles. The molecule has 0 fully saturated rings. The number of carboxylic acid groups (broad SMARTS) is 1. The zero-order valence-corrected chi connectivity index (χ0v) is 18.7. The molecule has 0 bridgehead atoms. The Morgan fingerprint density at radius 2 is 1.94 bits per heavy atom. The molecule has 3 aromatic carbocycles. The number of hydrogen-bond acceptors (Lipinski definition) is 5. The topological polar surface area (TPSA) is 88.9 Å². The summed E-state index contributed by atoms with van der Waals surface area (Å²) in [6, 6.07) is 24.2. The van der Waals surface area contributed by atoms with Crippen molar-refractivity contribution >= 4 is 16.9 Å². The second-order valence-corrected chi connectivity index (χ2v) is 8.61. The molecule has 5 rings (SSSR count). The van der Waals surface area contributed by atoms with E-state index in [0.717, 1.165) is 22.2 Å². The van der Waals surface area contributed by atoms with Gasteiger partial charge in [-0.1, -0.05) is 36.4 Å². The lowest BCUT2D eigenvalue weighted by Gasteiger charge is -2.31. The molecule has 3 atom stereocenters. The molecule has 1 aromatic heterocycles. The fourth-order valence-corrected chi connectivity index (χ4v) is 4.38. The first-order chi connectivity index (χ1) is 16.5. The van der Waals surface area contributed by atoms with Gasteiger partial charge in [0, 0.05) is 16.9 Å². The predicted octanol–water partition coefficient (Wildman–Crippen LogP) is 5.36. The Balaban J connectivity index is 1.33. The van der Waals surface area contributed by atoms with Crippen LogP contribution in [0.2, 0.25) is 0 Å². The Bertz CT molecular complexity index is 1350. The number of aromatic nitrogens is 1. The van der Waals surface area contributed by atoms with E-state index in [0.29, 0.717) is 30.1 Å². The number of ether oxygens (including phenoxy) is 2. The van der Waals surface area contributed by atoms with E-state index in [9.17, 15) is 15.0 Å². The van der Waals surface area contributed by atoms with Crippen molar-refractivity contribution in [2.24, 2.45) is 5.92 Å². The fraction of sp³-hybridized carbons (Fsp3) is 0.214. The van der Waals surface area contributed by atoms with Crippen LogP contribution in [0.15, 0.2) is 78.9 Å². The molecule has 2 N–H and O–H groups in total. The number of nitrogens with zero attached hydrogens (tertiary/aromatic N) is 1. The standard InChI is InChI=1S/C28H25NO5/c1-17(24-11-9-19-6-2-3-8-25(19)29-24)34-22-10-12-26-23(15-22)27(30)21(16-33-26)14-18-5-4-7-20(13-18)28(31)32/h2-13,15,17,21,27,30H,14,16H2,1H3,(H,31,32)/t17?,21-,27-/m0/s1. The van der Waals surface area contributed by atoms with Crippen molar-refractivity contribution in [3.63, 3.8) is 0 Å². The summed E-state index contributed by atoms with van der Waals surface area (Å²) >= 11 is 0. The minimum Gasteiger partial charge on any atom is -0.493 e. The zero-order valence-electron chi connectivity index (χ0n) is 18.7. The van der Waals surface area contributed by atoms with E-state index in [2.05, 4.69) is 0 Å². The highest BCUT2D eigenvalue weighted by molar-refractivity contribution is 5.87. The maximum atomic E-state index is 11.3. The van der Waals surface area contributed by atoms with Crippen LogP contribution in [0.3, 0.4) is 0 Å². The van der Waals surface area contributed by atoms with Crippen LogP contribution in [-0.2, 0) is 6.42 Å². The third-order valence-electron chi connectivity index (χ3n) is 6.22. The average molecular weight is 456 g/mol. The van der Waals surface area contributed by atoms with Gasteiger partial charge < -0.3 is 19.7 Å². The number of carbonyl (C=O) groups is 1. The molecule has 172 valence electrons. The molecule has 0 amide bonds. The van der Waals surface area contributed by atoms with Crippen LogP contribution < -0.4 is 9.47 Å². The van der Waals surface area contributed by atoms with E-state index in [-0.39, 0.29) is 17.6 Å². The summed E-state index contributed by atoms with van der Waals surface area (Å²) in [5, 5.41) is 21.4. The number of aliphatic hydroxyl groups excluding tert-OH is 1. The first-order valence-corrected chi connectivity index (χ1v) is 11.3. The number of pyridine rings is 1. The van der Waals surface area contributed by atoms with Crippen molar-refractivity contribution < 1.29 is 24.5 Å². The Hall–Kier alpha value is -3.90. The fourth-order valence-electron chi connectivity index (χ4n) is 4.38. The largest absolute Gasteiger partial charge is 0.493 e. The van der Waals surface area contributed by atoms with E-state index < -0.39 is 12.1 Å². The number of rotatable bonds is 6. The number of carboxylic acids is 1. The second kappa shape index (κ2) is 9.15. The Labute approximate surface area is 197 Å². The number of para-hydroxylation sites is 1. The third kappa shape index (κ3) is 4.45. The summed E-state index contributed by atoms with van der Waals surface area (Å²) < 4.78 is 12.1. The van der Waals surface area contributed by atoms with Gasteiger partial charge in [0.1, 0.15) is 17.6 Å². The molecule has 1 unspecified atom stereocenters. The van der Waals surface area contributed by atoms with Crippen molar-refractivity contribution in [3.05, 3.63) is 101 Å². The molecule has 0 saturated carbocycles. The summed E-state index contributed by atoms with van der Waals surface area (Å²) in [5.41, 5.74) is 3.49. The number of fused-ring (bicyclic) bond motifs is 2. The summed E-state index contributed by atoms with van der Waals surface area (Å²) in [5.74, 6) is 0.0834. The number of aliphatic hydroxyl groups is 1. The summed E-state index contributed by atoms with van der Waals surface area (Å²) in [6.45, 7) is 2.30. The minimum atomic E-state index is -0.968.